The van der Waals surface area contributed by atoms with Crippen molar-refractivity contribution < 1.29 is 22.6 Å². The summed E-state index contributed by atoms with van der Waals surface area (Å²) in [6, 6.07) is 14.4. The first-order valence-electron chi connectivity index (χ1n) is 11.8. The molecule has 1 fully saturated rings. The van der Waals surface area contributed by atoms with Crippen molar-refractivity contribution in [3.05, 3.63) is 48.0 Å². The molecule has 2 aromatic carbocycles. The maximum absolute atomic E-state index is 13.3. The number of halogens is 3. The highest BCUT2D eigenvalue weighted by molar-refractivity contribution is 5.95. The van der Waals surface area contributed by atoms with Crippen molar-refractivity contribution in [1.82, 2.24) is 0 Å². The predicted octanol–water partition coefficient (Wildman–Crippen LogP) is 5.77. The summed E-state index contributed by atoms with van der Waals surface area (Å²) in [7, 11) is 1.60. The molecule has 0 spiro atoms. The Balaban J connectivity index is 1.39. The van der Waals surface area contributed by atoms with E-state index in [4.69, 9.17) is 9.47 Å². The maximum Gasteiger partial charge on any atom is 0.431 e. The molecule has 9 heteroatoms. The Kier molecular flexibility index (Phi) is 7.10. The third kappa shape index (κ3) is 5.16. The third-order valence-corrected chi connectivity index (χ3v) is 6.76. The second-order valence-corrected chi connectivity index (χ2v) is 8.88. The van der Waals surface area contributed by atoms with E-state index >= 15 is 0 Å². The van der Waals surface area contributed by atoms with Gasteiger partial charge in [0, 0.05) is 37.9 Å². The van der Waals surface area contributed by atoms with Crippen molar-refractivity contribution in [2.24, 2.45) is 11.0 Å². The van der Waals surface area contributed by atoms with E-state index in [0.29, 0.717) is 29.2 Å². The van der Waals surface area contributed by atoms with Crippen LogP contribution in [0.5, 0.6) is 11.5 Å². The fourth-order valence-electron chi connectivity index (χ4n) is 4.84. The van der Waals surface area contributed by atoms with E-state index in [2.05, 4.69) is 16.1 Å². The number of methoxy groups -OCH3 is 1. The average molecular weight is 487 g/mol. The average Bonchev–Trinajstić information content (AvgIpc) is 3.21. The lowest BCUT2D eigenvalue weighted by atomic mass is 9.95. The van der Waals surface area contributed by atoms with Crippen molar-refractivity contribution in [2.45, 2.75) is 51.4 Å². The molecule has 0 N–H and O–H groups in total. The molecule has 0 aromatic heterocycles. The number of hydrogen-bond acceptors (Lipinski definition) is 6. The molecule has 4 rings (SSSR count). The molecular formula is C26H29F3N4O2. The first kappa shape index (κ1) is 24.7. The molecule has 186 valence electrons. The van der Waals surface area contributed by atoms with E-state index in [1.165, 1.54) is 5.01 Å². The lowest BCUT2D eigenvalue weighted by molar-refractivity contribution is -0.0620. The summed E-state index contributed by atoms with van der Waals surface area (Å²) in [5.41, 5.74) is 1.36. The number of benzene rings is 2. The summed E-state index contributed by atoms with van der Waals surface area (Å²) < 4.78 is 51.5. The fourth-order valence-corrected chi connectivity index (χ4v) is 4.84. The summed E-state index contributed by atoms with van der Waals surface area (Å²) in [6.45, 7) is 4.93. The molecular weight excluding hydrogens is 457 g/mol. The van der Waals surface area contributed by atoms with Gasteiger partial charge in [-0.05, 0) is 42.8 Å². The lowest BCUT2D eigenvalue weighted by Gasteiger charge is -2.34. The molecule has 2 aromatic rings. The van der Waals surface area contributed by atoms with Crippen molar-refractivity contribution in [2.75, 3.05) is 30.1 Å². The zero-order chi connectivity index (χ0) is 25.2. The zero-order valence-corrected chi connectivity index (χ0v) is 20.0. The van der Waals surface area contributed by atoms with Gasteiger partial charge in [0.15, 0.2) is 0 Å². The minimum Gasteiger partial charge on any atom is -0.497 e. The number of rotatable bonds is 6. The van der Waals surface area contributed by atoms with Gasteiger partial charge in [0.25, 0.3) is 0 Å². The van der Waals surface area contributed by atoms with Gasteiger partial charge in [0.1, 0.15) is 29.4 Å². The molecule has 0 bridgehead atoms. The second kappa shape index (κ2) is 10.1. The predicted molar refractivity (Wildman–Crippen MR) is 129 cm³/mol. The number of nitrogens with zero attached hydrogens (tertiary/aromatic N) is 4. The van der Waals surface area contributed by atoms with Gasteiger partial charge >= 0.3 is 6.18 Å². The monoisotopic (exact) mass is 486 g/mol. The molecule has 2 heterocycles. The van der Waals surface area contributed by atoms with Gasteiger partial charge in [-0.3, -0.25) is 5.01 Å². The summed E-state index contributed by atoms with van der Waals surface area (Å²) in [4.78, 5) is 2.17. The van der Waals surface area contributed by atoms with E-state index < -0.39 is 17.8 Å². The fraction of sp³-hybridized carbons (Fsp3) is 0.462. The Morgan fingerprint density at radius 2 is 1.74 bits per heavy atom. The summed E-state index contributed by atoms with van der Waals surface area (Å²) >= 11 is 0. The Bertz CT molecular complexity index is 1100. The molecule has 0 amide bonds. The van der Waals surface area contributed by atoms with Gasteiger partial charge < -0.3 is 14.4 Å². The Morgan fingerprint density at radius 1 is 1.09 bits per heavy atom. The van der Waals surface area contributed by atoms with Gasteiger partial charge in [-0.2, -0.15) is 23.5 Å². The van der Waals surface area contributed by atoms with E-state index in [9.17, 15) is 18.4 Å². The molecule has 2 aliphatic rings. The molecule has 2 aliphatic heterocycles. The summed E-state index contributed by atoms with van der Waals surface area (Å²) in [5.74, 6) is 0.695. The van der Waals surface area contributed by atoms with E-state index in [1.807, 2.05) is 13.0 Å². The van der Waals surface area contributed by atoms with Gasteiger partial charge in [-0.1, -0.05) is 13.8 Å². The van der Waals surface area contributed by atoms with Crippen molar-refractivity contribution in [1.29, 1.82) is 5.26 Å². The van der Waals surface area contributed by atoms with Gasteiger partial charge in [-0.25, -0.2) is 0 Å². The van der Waals surface area contributed by atoms with Gasteiger partial charge in [0.05, 0.1) is 30.1 Å². The smallest absolute Gasteiger partial charge is 0.431 e. The minimum absolute atomic E-state index is 0.0123. The topological polar surface area (TPSA) is 61.1 Å². The first-order valence-corrected chi connectivity index (χ1v) is 11.8. The first-order chi connectivity index (χ1) is 16.7. The number of piperidine rings is 1. The molecule has 6 nitrogen and oxygen atoms in total. The number of hydrazone groups is 1. The van der Waals surface area contributed by atoms with Crippen LogP contribution in [0.15, 0.2) is 47.6 Å². The third-order valence-electron chi connectivity index (χ3n) is 6.76. The van der Waals surface area contributed by atoms with Crippen LogP contribution in [0, 0.1) is 17.2 Å². The Labute approximate surface area is 203 Å². The van der Waals surface area contributed by atoms with Crippen molar-refractivity contribution in [3.63, 3.8) is 0 Å². The highest BCUT2D eigenvalue weighted by Crippen LogP contribution is 2.37. The maximum atomic E-state index is 13.3. The largest absolute Gasteiger partial charge is 0.497 e. The van der Waals surface area contributed by atoms with Crippen LogP contribution in [0.25, 0.3) is 0 Å². The molecule has 0 aliphatic carbocycles. The molecule has 0 radical (unpaired) electrons. The normalized spacial score (nSPS) is 21.0. The number of ether oxygens (including phenoxy) is 2. The number of alkyl halides is 3. The van der Waals surface area contributed by atoms with Crippen LogP contribution in [0.1, 0.15) is 38.7 Å². The Morgan fingerprint density at radius 3 is 2.31 bits per heavy atom. The SMILES string of the molecule is CC[C@H]1C(C)C(C(F)(F)F)=NN1c1ccc(OC2CCN(c3cc(OC)ccc3C#N)CC2)cc1. The zero-order valence-electron chi connectivity index (χ0n) is 20.0. The van der Waals surface area contributed by atoms with Gasteiger partial charge in [-0.15, -0.1) is 0 Å². The lowest BCUT2D eigenvalue weighted by Crippen LogP contribution is -2.38. The van der Waals surface area contributed by atoms with Crippen LogP contribution >= 0.6 is 0 Å². The number of anilines is 2. The molecule has 0 saturated carbocycles. The molecule has 1 saturated heterocycles. The van der Waals surface area contributed by atoms with Gasteiger partial charge in [0.2, 0.25) is 0 Å². The van der Waals surface area contributed by atoms with E-state index in [1.54, 1.807) is 50.4 Å². The highest BCUT2D eigenvalue weighted by Gasteiger charge is 2.47. The quantitative estimate of drug-likeness (QED) is 0.519. The van der Waals surface area contributed by atoms with Crippen LogP contribution < -0.4 is 19.4 Å². The summed E-state index contributed by atoms with van der Waals surface area (Å²) in [5, 5.41) is 14.9. The van der Waals surface area contributed by atoms with Crippen molar-refractivity contribution >= 4 is 17.1 Å². The van der Waals surface area contributed by atoms with Crippen LogP contribution in [0.2, 0.25) is 0 Å². The minimum atomic E-state index is -4.43. The van der Waals surface area contributed by atoms with Crippen molar-refractivity contribution in [3.8, 4) is 17.6 Å². The van der Waals surface area contributed by atoms with Crippen LogP contribution in [-0.4, -0.2) is 44.2 Å². The number of hydrogen-bond donors (Lipinski definition) is 0. The molecule has 35 heavy (non-hydrogen) atoms. The van der Waals surface area contributed by atoms with E-state index in [0.717, 1.165) is 31.6 Å². The van der Waals surface area contributed by atoms with Crippen LogP contribution in [-0.2, 0) is 0 Å². The molecule has 1 unspecified atom stereocenters. The second-order valence-electron chi connectivity index (χ2n) is 8.88. The van der Waals surface area contributed by atoms with Crippen LogP contribution in [0.4, 0.5) is 24.5 Å². The highest BCUT2D eigenvalue weighted by atomic mass is 19.4. The van der Waals surface area contributed by atoms with Crippen LogP contribution in [0.3, 0.4) is 0 Å². The molecule has 2 atom stereocenters. The Hall–Kier alpha value is -3.41. The van der Waals surface area contributed by atoms with E-state index in [-0.39, 0.29) is 12.1 Å². The standard InChI is InChI=1S/C26H29F3N4O2/c1-4-23-17(2)25(26(27,28)29)31-33(23)19-6-9-20(10-7-19)35-21-11-13-32(14-12-21)24-15-22(34-3)8-5-18(24)16-30/h5-10,15,17,21,23H,4,11-14H2,1-3H3/t17?,23-/m0/s1. The number of nitriles is 1. The summed E-state index contributed by atoms with van der Waals surface area (Å²) in [6.07, 6.45) is -2.30.